The molecule has 13 heteroatoms. The number of amides is 2. The molecule has 0 saturated carbocycles. The third-order valence-electron chi connectivity index (χ3n) is 6.87. The van der Waals surface area contributed by atoms with E-state index in [4.69, 9.17) is 29.8 Å². The summed E-state index contributed by atoms with van der Waals surface area (Å²) < 4.78 is 23.8. The summed E-state index contributed by atoms with van der Waals surface area (Å²) >= 11 is 0. The Balaban J connectivity index is 1.52. The van der Waals surface area contributed by atoms with Gasteiger partial charge in [-0.3, -0.25) is 14.6 Å². The number of nitrogens with two attached hydrogens (primary N) is 1. The van der Waals surface area contributed by atoms with E-state index in [1.165, 1.54) is 25.1 Å². The van der Waals surface area contributed by atoms with Crippen LogP contribution in [-0.4, -0.2) is 78.7 Å². The molecule has 4 aromatic rings. The molecular weight excluding hydrogens is 534 g/mol. The fourth-order valence-electron chi connectivity index (χ4n) is 4.80. The summed E-state index contributed by atoms with van der Waals surface area (Å²) in [6, 6.07) is 6.72. The van der Waals surface area contributed by atoms with Gasteiger partial charge in [-0.1, -0.05) is 0 Å². The first kappa shape index (κ1) is 27.9. The van der Waals surface area contributed by atoms with Crippen molar-refractivity contribution in [3.63, 3.8) is 0 Å². The number of benzene rings is 2. The van der Waals surface area contributed by atoms with Crippen LogP contribution in [-0.2, 0) is 11.3 Å². The van der Waals surface area contributed by atoms with E-state index < -0.39 is 6.09 Å². The van der Waals surface area contributed by atoms with Crippen molar-refractivity contribution in [2.24, 2.45) is 5.73 Å². The van der Waals surface area contributed by atoms with Crippen molar-refractivity contribution in [1.82, 2.24) is 19.8 Å². The molecule has 2 amide bonds. The topological polar surface area (TPSA) is 167 Å². The lowest BCUT2D eigenvalue weighted by molar-refractivity contribution is -0.121. The normalized spacial score (nSPS) is 12.2. The van der Waals surface area contributed by atoms with E-state index in [9.17, 15) is 14.4 Å². The molecule has 3 heterocycles. The number of pyridine rings is 2. The van der Waals surface area contributed by atoms with E-state index in [1.807, 2.05) is 6.07 Å². The van der Waals surface area contributed by atoms with Crippen LogP contribution in [0.3, 0.4) is 0 Å². The smallest absolute Gasteiger partial charge is 0.415 e. The zero-order valence-electron chi connectivity index (χ0n) is 22.8. The number of fused-ring (bicyclic) bond motifs is 6. The first-order chi connectivity index (χ1) is 19.9. The molecule has 216 valence electrons. The van der Waals surface area contributed by atoms with Gasteiger partial charge in [0.2, 0.25) is 12.7 Å². The number of carbonyl (C=O) groups excluding carboxylic acids is 2. The van der Waals surface area contributed by atoms with Gasteiger partial charge in [-0.05, 0) is 24.6 Å². The summed E-state index contributed by atoms with van der Waals surface area (Å²) in [5, 5.41) is 13.8. The monoisotopic (exact) mass is 565 g/mol. The van der Waals surface area contributed by atoms with Gasteiger partial charge < -0.3 is 44.6 Å². The highest BCUT2D eigenvalue weighted by atomic mass is 16.7. The molecule has 0 radical (unpaired) electrons. The zero-order valence-corrected chi connectivity index (χ0v) is 22.8. The van der Waals surface area contributed by atoms with Crippen LogP contribution in [0, 0.1) is 0 Å². The minimum Gasteiger partial charge on any atom is -0.493 e. The summed E-state index contributed by atoms with van der Waals surface area (Å²) in [4.78, 5) is 44.3. The minimum atomic E-state index is -0.695. The van der Waals surface area contributed by atoms with Gasteiger partial charge in [0.05, 0.1) is 23.5 Å². The molecule has 0 fully saturated rings. The van der Waals surface area contributed by atoms with Gasteiger partial charge in [-0.25, -0.2) is 4.79 Å². The van der Waals surface area contributed by atoms with E-state index in [2.05, 4.69) is 10.3 Å². The van der Waals surface area contributed by atoms with Crippen molar-refractivity contribution in [2.45, 2.75) is 19.4 Å². The third-order valence-corrected chi connectivity index (χ3v) is 6.87. The van der Waals surface area contributed by atoms with Gasteiger partial charge in [0.15, 0.2) is 23.0 Å². The van der Waals surface area contributed by atoms with Crippen molar-refractivity contribution < 1.29 is 33.6 Å². The summed E-state index contributed by atoms with van der Waals surface area (Å²) in [6.07, 6.45) is 1.55. The molecule has 1 aliphatic heterocycles. The second-order valence-electron chi connectivity index (χ2n) is 9.50. The van der Waals surface area contributed by atoms with Gasteiger partial charge in [0.25, 0.3) is 5.56 Å². The predicted molar refractivity (Wildman–Crippen MR) is 151 cm³/mol. The molecular formula is C28H31N5O8. The molecule has 41 heavy (non-hydrogen) atoms. The standard InChI is InChI=1S/C28H31N5O8/c1-32(8-6-30-25(35)4-3-9-34)28(37)41-24-11-17-16(10-21(24)38-2)19-14-31-20-13-23-22(39-15-40-23)12-18(20)26(19)33(7-5-29)27(17)36/h10-14,34H,3-9,15,29H2,1-2H3,(H,30,35). The fourth-order valence-corrected chi connectivity index (χ4v) is 4.80. The predicted octanol–water partition coefficient (Wildman–Crippen LogP) is 1.72. The van der Waals surface area contributed by atoms with Gasteiger partial charge in [-0.2, -0.15) is 0 Å². The maximum absolute atomic E-state index is 13.8. The van der Waals surface area contributed by atoms with Crippen LogP contribution in [0.25, 0.3) is 32.6 Å². The van der Waals surface area contributed by atoms with E-state index in [0.29, 0.717) is 50.5 Å². The molecule has 2 aromatic carbocycles. The number of methoxy groups -OCH3 is 1. The SMILES string of the molecule is COc1cc2c(cc1OC(=O)N(C)CCNC(=O)CCCO)c(=O)n(CCN)c1c3cc4c(cc3ncc21)OCO4. The fraction of sp³-hybridized carbons (Fsp3) is 0.357. The number of carbonyl (C=O) groups is 2. The Hall–Kier alpha value is -4.62. The highest BCUT2D eigenvalue weighted by Crippen LogP contribution is 2.40. The average Bonchev–Trinajstić information content (AvgIpc) is 3.43. The number of rotatable bonds is 10. The number of hydrogen-bond acceptors (Lipinski definition) is 10. The van der Waals surface area contributed by atoms with Crippen molar-refractivity contribution >= 4 is 44.6 Å². The Morgan fingerprint density at radius 2 is 1.88 bits per heavy atom. The molecule has 0 atom stereocenters. The summed E-state index contributed by atoms with van der Waals surface area (Å²) in [6.45, 7) is 0.891. The maximum atomic E-state index is 13.8. The van der Waals surface area contributed by atoms with Crippen molar-refractivity contribution in [2.75, 3.05) is 47.2 Å². The van der Waals surface area contributed by atoms with Gasteiger partial charge in [-0.15, -0.1) is 0 Å². The summed E-state index contributed by atoms with van der Waals surface area (Å²) in [5.41, 5.74) is 6.86. The van der Waals surface area contributed by atoms with Gasteiger partial charge >= 0.3 is 6.09 Å². The largest absolute Gasteiger partial charge is 0.493 e. The molecule has 13 nitrogen and oxygen atoms in total. The molecule has 0 bridgehead atoms. The number of ether oxygens (including phenoxy) is 4. The number of aliphatic hydroxyl groups is 1. The summed E-state index contributed by atoms with van der Waals surface area (Å²) in [5.74, 6) is 1.24. The van der Waals surface area contributed by atoms with Gasteiger partial charge in [0.1, 0.15) is 0 Å². The van der Waals surface area contributed by atoms with Crippen LogP contribution in [0.15, 0.2) is 35.3 Å². The van der Waals surface area contributed by atoms with Crippen molar-refractivity contribution in [1.29, 1.82) is 0 Å². The molecule has 2 aromatic heterocycles. The van der Waals surface area contributed by atoms with E-state index in [-0.39, 0.29) is 69.0 Å². The quantitative estimate of drug-likeness (QED) is 0.241. The third kappa shape index (κ3) is 5.41. The molecule has 0 aliphatic carbocycles. The molecule has 1 aliphatic rings. The number of likely N-dealkylation sites (N-methyl/N-ethyl adjacent to an activating group) is 1. The van der Waals surface area contributed by atoms with E-state index >= 15 is 0 Å². The van der Waals surface area contributed by atoms with E-state index in [1.54, 1.807) is 22.9 Å². The Morgan fingerprint density at radius 3 is 2.61 bits per heavy atom. The first-order valence-electron chi connectivity index (χ1n) is 13.1. The number of aromatic nitrogens is 2. The molecule has 0 saturated heterocycles. The van der Waals surface area contributed by atoms with Gasteiger partial charge in [0, 0.05) is 74.7 Å². The lowest BCUT2D eigenvalue weighted by Crippen LogP contribution is -2.37. The Labute approximate surface area is 234 Å². The lowest BCUT2D eigenvalue weighted by atomic mass is 10.0. The van der Waals surface area contributed by atoms with Crippen molar-refractivity contribution in [3.05, 3.63) is 40.8 Å². The molecule has 4 N–H and O–H groups in total. The highest BCUT2D eigenvalue weighted by Gasteiger charge is 2.22. The van der Waals surface area contributed by atoms with Crippen LogP contribution >= 0.6 is 0 Å². The number of aliphatic hydroxyl groups excluding tert-OH is 1. The lowest BCUT2D eigenvalue weighted by Gasteiger charge is -2.19. The number of nitrogens with one attached hydrogen (secondary N) is 1. The van der Waals surface area contributed by atoms with Crippen LogP contribution < -0.4 is 35.6 Å². The minimum absolute atomic E-state index is 0.0664. The highest BCUT2D eigenvalue weighted by molar-refractivity contribution is 6.15. The molecule has 0 unspecified atom stereocenters. The van der Waals surface area contributed by atoms with Crippen LogP contribution in [0.1, 0.15) is 12.8 Å². The van der Waals surface area contributed by atoms with Crippen LogP contribution in [0.5, 0.6) is 23.0 Å². The number of nitrogens with zero attached hydrogens (tertiary/aromatic N) is 3. The summed E-state index contributed by atoms with van der Waals surface area (Å²) in [7, 11) is 2.97. The zero-order chi connectivity index (χ0) is 29.1. The Bertz CT molecular complexity index is 1700. The Morgan fingerprint density at radius 1 is 1.12 bits per heavy atom. The molecule has 5 rings (SSSR count). The van der Waals surface area contributed by atoms with Crippen LogP contribution in [0.2, 0.25) is 0 Å². The van der Waals surface area contributed by atoms with Crippen molar-refractivity contribution in [3.8, 4) is 23.0 Å². The Kier molecular flexibility index (Phi) is 8.08. The van der Waals surface area contributed by atoms with E-state index in [0.717, 1.165) is 0 Å². The maximum Gasteiger partial charge on any atom is 0.415 e. The first-order valence-corrected chi connectivity index (χ1v) is 13.1. The number of hydrogen-bond donors (Lipinski definition) is 3. The second-order valence-corrected chi connectivity index (χ2v) is 9.50. The van der Waals surface area contributed by atoms with Crippen LogP contribution in [0.4, 0.5) is 4.79 Å². The molecule has 0 spiro atoms. The average molecular weight is 566 g/mol. The second kappa shape index (κ2) is 11.9.